The van der Waals surface area contributed by atoms with Crippen molar-refractivity contribution >= 4 is 28.5 Å². The van der Waals surface area contributed by atoms with Gasteiger partial charge in [0.2, 0.25) is 5.91 Å². The molecular weight excluding hydrogens is 471 g/mol. The number of carbonyl (C=O) groups is 2. The molecule has 3 heterocycles. The van der Waals surface area contributed by atoms with E-state index in [1.807, 2.05) is 49.1 Å². The Balaban J connectivity index is 1.25. The highest BCUT2D eigenvalue weighted by Gasteiger charge is 2.26. The van der Waals surface area contributed by atoms with Crippen LogP contribution in [0.15, 0.2) is 54.6 Å². The molecule has 188 valence electrons. The number of nitrogens with one attached hydrogen (secondary N) is 2. The first-order chi connectivity index (χ1) is 17.9. The van der Waals surface area contributed by atoms with Crippen LogP contribution in [0.1, 0.15) is 27.3 Å². The van der Waals surface area contributed by atoms with Crippen molar-refractivity contribution in [2.45, 2.75) is 13.8 Å². The van der Waals surface area contributed by atoms with E-state index in [1.54, 1.807) is 21.6 Å². The Bertz CT molecular complexity index is 1490. The lowest BCUT2D eigenvalue weighted by molar-refractivity contribution is -0.117. The average Bonchev–Trinajstić information content (AvgIpc) is 3.43. The summed E-state index contributed by atoms with van der Waals surface area (Å²) in [4.78, 5) is 33.0. The number of nitrogens with zero attached hydrogens (tertiary/aromatic N) is 4. The van der Waals surface area contributed by atoms with Crippen LogP contribution in [-0.2, 0) is 4.79 Å². The van der Waals surface area contributed by atoms with Gasteiger partial charge in [0.05, 0.1) is 12.1 Å². The van der Waals surface area contributed by atoms with E-state index in [4.69, 9.17) is 0 Å². The number of amides is 2. The standard InChI is InChI=1S/C28H27FN6O2/c1-18-19(2)35(22-9-7-21(29)8-10-22)27(23(18)16-30)32-26(36)17-33-11-13-34(14-12-33)28(37)25-15-20-5-3-4-6-24(20)31-25/h3-10,15,31H,11-14,17H2,1-2H3,(H,32,36). The lowest BCUT2D eigenvalue weighted by Gasteiger charge is -2.34. The number of fused-ring (bicyclic) bond motifs is 1. The number of para-hydroxylation sites is 1. The van der Waals surface area contributed by atoms with Gasteiger partial charge >= 0.3 is 0 Å². The Morgan fingerprint density at radius 2 is 1.76 bits per heavy atom. The first-order valence-electron chi connectivity index (χ1n) is 12.1. The van der Waals surface area contributed by atoms with Crippen molar-refractivity contribution in [3.8, 4) is 11.8 Å². The fourth-order valence-electron chi connectivity index (χ4n) is 4.82. The van der Waals surface area contributed by atoms with Crippen LogP contribution in [0.2, 0.25) is 0 Å². The van der Waals surface area contributed by atoms with Crippen molar-refractivity contribution in [1.29, 1.82) is 5.26 Å². The van der Waals surface area contributed by atoms with Crippen molar-refractivity contribution in [3.05, 3.63) is 82.9 Å². The van der Waals surface area contributed by atoms with E-state index >= 15 is 0 Å². The number of aromatic amines is 1. The Morgan fingerprint density at radius 3 is 2.43 bits per heavy atom. The summed E-state index contributed by atoms with van der Waals surface area (Å²) in [5.74, 6) is -0.296. The van der Waals surface area contributed by atoms with Crippen LogP contribution < -0.4 is 5.32 Å². The van der Waals surface area contributed by atoms with Gasteiger partial charge in [-0.25, -0.2) is 4.39 Å². The van der Waals surface area contributed by atoms with Crippen LogP contribution in [-0.4, -0.2) is 63.9 Å². The first-order valence-corrected chi connectivity index (χ1v) is 12.1. The van der Waals surface area contributed by atoms with Gasteiger partial charge in [0.15, 0.2) is 0 Å². The monoisotopic (exact) mass is 498 g/mol. The molecule has 5 rings (SSSR count). The molecule has 8 nitrogen and oxygen atoms in total. The molecule has 2 aromatic carbocycles. The van der Waals surface area contributed by atoms with Gasteiger partial charge in [0, 0.05) is 48.5 Å². The molecule has 2 aromatic heterocycles. The molecule has 0 radical (unpaired) electrons. The molecule has 0 aliphatic carbocycles. The lowest BCUT2D eigenvalue weighted by Crippen LogP contribution is -2.50. The molecule has 0 saturated carbocycles. The topological polar surface area (TPSA) is 97.2 Å². The normalized spacial score (nSPS) is 14.1. The van der Waals surface area contributed by atoms with Gasteiger partial charge in [-0.3, -0.25) is 19.1 Å². The second-order valence-corrected chi connectivity index (χ2v) is 9.24. The summed E-state index contributed by atoms with van der Waals surface area (Å²) in [6.07, 6.45) is 0. The zero-order valence-electron chi connectivity index (χ0n) is 20.7. The zero-order valence-corrected chi connectivity index (χ0v) is 20.7. The van der Waals surface area contributed by atoms with E-state index in [0.717, 1.165) is 22.2 Å². The number of halogens is 1. The van der Waals surface area contributed by atoms with Crippen molar-refractivity contribution in [2.75, 3.05) is 38.0 Å². The number of hydrogen-bond acceptors (Lipinski definition) is 4. The molecule has 0 atom stereocenters. The summed E-state index contributed by atoms with van der Waals surface area (Å²) in [5.41, 5.74) is 4.07. The Hall–Kier alpha value is -4.42. The summed E-state index contributed by atoms with van der Waals surface area (Å²) < 4.78 is 15.3. The Labute approximate surface area is 213 Å². The number of anilines is 1. The molecule has 1 saturated heterocycles. The number of H-pyrrole nitrogens is 1. The fraction of sp³-hybridized carbons (Fsp3) is 0.250. The van der Waals surface area contributed by atoms with E-state index in [2.05, 4.69) is 16.4 Å². The maximum absolute atomic E-state index is 13.5. The van der Waals surface area contributed by atoms with Crippen molar-refractivity contribution in [3.63, 3.8) is 0 Å². The van der Waals surface area contributed by atoms with Crippen molar-refractivity contribution < 1.29 is 14.0 Å². The van der Waals surface area contributed by atoms with E-state index in [9.17, 15) is 19.2 Å². The van der Waals surface area contributed by atoms with Crippen molar-refractivity contribution in [1.82, 2.24) is 19.4 Å². The number of nitriles is 1. The van der Waals surface area contributed by atoms with Gasteiger partial charge in [-0.2, -0.15) is 5.26 Å². The summed E-state index contributed by atoms with van der Waals surface area (Å²) in [5, 5.41) is 13.7. The third-order valence-corrected chi connectivity index (χ3v) is 6.96. The summed E-state index contributed by atoms with van der Waals surface area (Å²) in [6, 6.07) is 17.7. The minimum Gasteiger partial charge on any atom is -0.351 e. The largest absolute Gasteiger partial charge is 0.351 e. The quantitative estimate of drug-likeness (QED) is 0.435. The van der Waals surface area contributed by atoms with E-state index in [1.165, 1.54) is 12.1 Å². The highest BCUT2D eigenvalue weighted by atomic mass is 19.1. The molecule has 4 aromatic rings. The predicted octanol–water partition coefficient (Wildman–Crippen LogP) is 3.98. The molecule has 1 aliphatic heterocycles. The van der Waals surface area contributed by atoms with E-state index < -0.39 is 0 Å². The van der Waals surface area contributed by atoms with Gasteiger partial charge in [0.1, 0.15) is 23.4 Å². The number of carbonyl (C=O) groups excluding carboxylic acids is 2. The van der Waals surface area contributed by atoms with E-state index in [-0.39, 0.29) is 24.2 Å². The van der Waals surface area contributed by atoms with Gasteiger partial charge in [0.25, 0.3) is 5.91 Å². The minimum absolute atomic E-state index is 0.0537. The predicted molar refractivity (Wildman–Crippen MR) is 139 cm³/mol. The third-order valence-electron chi connectivity index (χ3n) is 6.96. The van der Waals surface area contributed by atoms with E-state index in [0.29, 0.717) is 48.9 Å². The zero-order chi connectivity index (χ0) is 26.1. The van der Waals surface area contributed by atoms with Gasteiger partial charge in [-0.05, 0) is 55.8 Å². The van der Waals surface area contributed by atoms with Crippen LogP contribution in [0.5, 0.6) is 0 Å². The number of benzene rings is 2. The third kappa shape index (κ3) is 4.71. The van der Waals surface area contributed by atoms with Crippen LogP contribution in [0.25, 0.3) is 16.6 Å². The molecule has 1 fully saturated rings. The van der Waals surface area contributed by atoms with Crippen LogP contribution in [0.4, 0.5) is 10.2 Å². The maximum atomic E-state index is 13.5. The summed E-state index contributed by atoms with van der Waals surface area (Å²) in [7, 11) is 0. The second-order valence-electron chi connectivity index (χ2n) is 9.24. The Morgan fingerprint density at radius 1 is 1.05 bits per heavy atom. The highest BCUT2D eigenvalue weighted by Crippen LogP contribution is 2.30. The highest BCUT2D eigenvalue weighted by molar-refractivity contribution is 5.98. The van der Waals surface area contributed by atoms with Gasteiger partial charge in [-0.1, -0.05) is 18.2 Å². The number of piperazine rings is 1. The molecule has 0 bridgehead atoms. The van der Waals surface area contributed by atoms with Crippen LogP contribution >= 0.6 is 0 Å². The minimum atomic E-state index is -0.362. The van der Waals surface area contributed by atoms with Crippen molar-refractivity contribution in [2.24, 2.45) is 0 Å². The Kier molecular flexibility index (Phi) is 6.51. The number of aromatic nitrogens is 2. The molecule has 0 spiro atoms. The van der Waals surface area contributed by atoms with Crippen LogP contribution in [0, 0.1) is 31.0 Å². The van der Waals surface area contributed by atoms with Gasteiger partial charge in [-0.15, -0.1) is 0 Å². The second kappa shape index (κ2) is 9.91. The molecule has 2 amide bonds. The summed E-state index contributed by atoms with van der Waals surface area (Å²) in [6.45, 7) is 5.95. The fourth-order valence-corrected chi connectivity index (χ4v) is 4.82. The summed E-state index contributed by atoms with van der Waals surface area (Å²) >= 11 is 0. The smallest absolute Gasteiger partial charge is 0.270 e. The molecule has 2 N–H and O–H groups in total. The van der Waals surface area contributed by atoms with Crippen LogP contribution in [0.3, 0.4) is 0 Å². The molecule has 37 heavy (non-hydrogen) atoms. The number of rotatable bonds is 5. The number of hydrogen-bond donors (Lipinski definition) is 2. The molecule has 1 aliphatic rings. The molecule has 0 unspecified atom stereocenters. The SMILES string of the molecule is Cc1c(C#N)c(NC(=O)CN2CCN(C(=O)c3cc4ccccc4[nH]3)CC2)n(-c2ccc(F)cc2)c1C. The lowest BCUT2D eigenvalue weighted by atomic mass is 10.2. The molecule has 9 heteroatoms. The molecular formula is C28H27FN6O2. The first kappa shape index (κ1) is 24.3. The average molecular weight is 499 g/mol. The van der Waals surface area contributed by atoms with Gasteiger partial charge < -0.3 is 15.2 Å². The maximum Gasteiger partial charge on any atom is 0.270 e.